The summed E-state index contributed by atoms with van der Waals surface area (Å²) < 4.78 is 0. The van der Waals surface area contributed by atoms with Crippen LogP contribution in [0.5, 0.6) is 0 Å². The zero-order valence-corrected chi connectivity index (χ0v) is 15.1. The Balaban J connectivity index is 1.59. The molecule has 1 aliphatic heterocycles. The second-order valence-corrected chi connectivity index (χ2v) is 6.70. The number of carbonyl (C=O) groups excluding carboxylic acids is 1. The van der Waals surface area contributed by atoms with Crippen LogP contribution >= 0.6 is 34.8 Å². The molecular formula is C17H16Cl3N3O. The lowest BCUT2D eigenvalue weighted by molar-refractivity contribution is 0.208. The largest absolute Gasteiger partial charge is 0.368 e. The van der Waals surface area contributed by atoms with Crippen LogP contribution in [0.15, 0.2) is 42.5 Å². The van der Waals surface area contributed by atoms with Gasteiger partial charge in [0.05, 0.1) is 15.7 Å². The van der Waals surface area contributed by atoms with Gasteiger partial charge in [-0.25, -0.2) is 4.79 Å². The van der Waals surface area contributed by atoms with Crippen LogP contribution in [0.25, 0.3) is 0 Å². The van der Waals surface area contributed by atoms with Crippen molar-refractivity contribution in [2.24, 2.45) is 0 Å². The zero-order valence-electron chi connectivity index (χ0n) is 12.8. The normalized spacial score (nSPS) is 14.6. The first-order valence-corrected chi connectivity index (χ1v) is 8.68. The fourth-order valence-corrected chi connectivity index (χ4v) is 3.09. The van der Waals surface area contributed by atoms with Gasteiger partial charge in [0.1, 0.15) is 0 Å². The Morgan fingerprint density at radius 2 is 1.58 bits per heavy atom. The minimum Gasteiger partial charge on any atom is -0.368 e. The van der Waals surface area contributed by atoms with Gasteiger partial charge in [0.25, 0.3) is 0 Å². The molecule has 2 aromatic rings. The molecule has 4 nitrogen and oxygen atoms in total. The molecule has 0 bridgehead atoms. The molecule has 1 heterocycles. The molecule has 7 heteroatoms. The molecule has 1 aliphatic rings. The van der Waals surface area contributed by atoms with E-state index in [0.717, 1.165) is 23.8 Å². The summed E-state index contributed by atoms with van der Waals surface area (Å²) in [7, 11) is 0. The summed E-state index contributed by atoms with van der Waals surface area (Å²) in [4.78, 5) is 16.4. The molecule has 0 aromatic heterocycles. The Morgan fingerprint density at radius 1 is 0.917 bits per heavy atom. The number of urea groups is 1. The van der Waals surface area contributed by atoms with Gasteiger partial charge in [-0.05, 0) is 36.4 Å². The Morgan fingerprint density at radius 3 is 2.25 bits per heavy atom. The highest BCUT2D eigenvalue weighted by atomic mass is 35.5. The van der Waals surface area contributed by atoms with Crippen molar-refractivity contribution in [3.05, 3.63) is 57.5 Å². The van der Waals surface area contributed by atoms with Gasteiger partial charge >= 0.3 is 6.03 Å². The van der Waals surface area contributed by atoms with E-state index in [1.54, 1.807) is 23.1 Å². The first-order chi connectivity index (χ1) is 11.5. The van der Waals surface area contributed by atoms with Crippen LogP contribution < -0.4 is 10.2 Å². The summed E-state index contributed by atoms with van der Waals surface area (Å²) in [5, 5.41) is 4.31. The Kier molecular flexibility index (Phi) is 5.39. The van der Waals surface area contributed by atoms with Crippen LogP contribution in [0.3, 0.4) is 0 Å². The Hall–Kier alpha value is -1.62. The minimum absolute atomic E-state index is 0.171. The summed E-state index contributed by atoms with van der Waals surface area (Å²) in [5.74, 6) is 0. The van der Waals surface area contributed by atoms with Crippen molar-refractivity contribution >= 4 is 52.2 Å². The van der Waals surface area contributed by atoms with Gasteiger partial charge in [0, 0.05) is 36.9 Å². The molecule has 1 N–H and O–H groups in total. The average molecular weight is 385 g/mol. The van der Waals surface area contributed by atoms with E-state index in [4.69, 9.17) is 34.8 Å². The van der Waals surface area contributed by atoms with Crippen molar-refractivity contribution < 1.29 is 4.79 Å². The third kappa shape index (κ3) is 3.89. The number of benzene rings is 2. The minimum atomic E-state index is -0.171. The Labute approximate surface area is 155 Å². The first kappa shape index (κ1) is 17.2. The number of amides is 2. The third-order valence-electron chi connectivity index (χ3n) is 3.95. The number of anilines is 2. The first-order valence-electron chi connectivity index (χ1n) is 7.55. The highest BCUT2D eigenvalue weighted by molar-refractivity contribution is 6.43. The number of nitrogens with zero attached hydrogens (tertiary/aromatic N) is 2. The fourth-order valence-electron chi connectivity index (χ4n) is 2.61. The predicted molar refractivity (Wildman–Crippen MR) is 101 cm³/mol. The second-order valence-electron chi connectivity index (χ2n) is 5.48. The van der Waals surface area contributed by atoms with Gasteiger partial charge in [-0.15, -0.1) is 0 Å². The lowest BCUT2D eigenvalue weighted by atomic mass is 10.2. The molecule has 0 spiro atoms. The monoisotopic (exact) mass is 383 g/mol. The zero-order chi connectivity index (χ0) is 17.1. The number of hydrogen-bond acceptors (Lipinski definition) is 2. The van der Waals surface area contributed by atoms with Gasteiger partial charge in [-0.1, -0.05) is 40.9 Å². The molecule has 0 unspecified atom stereocenters. The number of hydrogen-bond donors (Lipinski definition) is 1. The van der Waals surface area contributed by atoms with Gasteiger partial charge in [0.15, 0.2) is 0 Å². The van der Waals surface area contributed by atoms with E-state index < -0.39 is 0 Å². The van der Waals surface area contributed by atoms with Gasteiger partial charge < -0.3 is 15.1 Å². The molecule has 24 heavy (non-hydrogen) atoms. The van der Waals surface area contributed by atoms with Crippen LogP contribution in [-0.4, -0.2) is 37.1 Å². The topological polar surface area (TPSA) is 35.6 Å². The molecular weight excluding hydrogens is 369 g/mol. The maximum absolute atomic E-state index is 12.4. The van der Waals surface area contributed by atoms with E-state index >= 15 is 0 Å². The average Bonchev–Trinajstić information content (AvgIpc) is 2.60. The van der Waals surface area contributed by atoms with Gasteiger partial charge in [-0.3, -0.25) is 0 Å². The van der Waals surface area contributed by atoms with Crippen LogP contribution in [-0.2, 0) is 0 Å². The molecule has 126 valence electrons. The van der Waals surface area contributed by atoms with Crippen molar-refractivity contribution in [3.8, 4) is 0 Å². The highest BCUT2D eigenvalue weighted by Gasteiger charge is 2.22. The van der Waals surface area contributed by atoms with Crippen molar-refractivity contribution in [1.82, 2.24) is 4.90 Å². The van der Waals surface area contributed by atoms with E-state index in [0.29, 0.717) is 28.8 Å². The SMILES string of the molecule is O=C(Nc1cccc(Cl)c1Cl)N1CCN(c2ccc(Cl)cc2)CC1. The van der Waals surface area contributed by atoms with E-state index in [1.165, 1.54) is 0 Å². The van der Waals surface area contributed by atoms with Gasteiger partial charge in [-0.2, -0.15) is 0 Å². The summed E-state index contributed by atoms with van der Waals surface area (Å²) in [6.45, 7) is 2.79. The molecule has 1 fully saturated rings. The number of nitrogens with one attached hydrogen (secondary N) is 1. The molecule has 3 rings (SSSR count). The summed E-state index contributed by atoms with van der Waals surface area (Å²) in [6, 6.07) is 12.7. The van der Waals surface area contributed by atoms with E-state index in [-0.39, 0.29) is 6.03 Å². The standard InChI is InChI=1S/C17H16Cl3N3O/c18-12-4-6-13(7-5-12)22-8-10-23(11-9-22)17(24)21-15-3-1-2-14(19)16(15)20/h1-7H,8-11H2,(H,21,24). The molecule has 0 aliphatic carbocycles. The number of halogens is 3. The van der Waals surface area contributed by atoms with Crippen LogP contribution in [0.4, 0.5) is 16.2 Å². The van der Waals surface area contributed by atoms with Gasteiger partial charge in [0.2, 0.25) is 0 Å². The number of carbonyl (C=O) groups is 1. The fraction of sp³-hybridized carbons (Fsp3) is 0.235. The van der Waals surface area contributed by atoms with E-state index in [9.17, 15) is 4.79 Å². The molecule has 2 amide bonds. The van der Waals surface area contributed by atoms with Crippen molar-refractivity contribution in [3.63, 3.8) is 0 Å². The summed E-state index contributed by atoms with van der Waals surface area (Å²) in [6.07, 6.45) is 0. The molecule has 0 radical (unpaired) electrons. The van der Waals surface area contributed by atoms with Crippen LogP contribution in [0.1, 0.15) is 0 Å². The highest BCUT2D eigenvalue weighted by Crippen LogP contribution is 2.29. The molecule has 0 atom stereocenters. The quantitative estimate of drug-likeness (QED) is 0.791. The Bertz CT molecular complexity index is 728. The lowest BCUT2D eigenvalue weighted by Crippen LogP contribution is -2.50. The smallest absolute Gasteiger partial charge is 0.322 e. The second kappa shape index (κ2) is 7.51. The van der Waals surface area contributed by atoms with Crippen molar-refractivity contribution in [2.75, 3.05) is 36.4 Å². The molecule has 0 saturated carbocycles. The molecule has 1 saturated heterocycles. The van der Waals surface area contributed by atoms with Crippen molar-refractivity contribution in [1.29, 1.82) is 0 Å². The predicted octanol–water partition coefficient (Wildman–Crippen LogP) is 5.00. The third-order valence-corrected chi connectivity index (χ3v) is 5.02. The number of piperazine rings is 1. The molecule has 2 aromatic carbocycles. The summed E-state index contributed by atoms with van der Waals surface area (Å²) in [5.41, 5.74) is 1.63. The lowest BCUT2D eigenvalue weighted by Gasteiger charge is -2.36. The van der Waals surface area contributed by atoms with Crippen LogP contribution in [0.2, 0.25) is 15.1 Å². The maximum atomic E-state index is 12.4. The van der Waals surface area contributed by atoms with Crippen molar-refractivity contribution in [2.45, 2.75) is 0 Å². The summed E-state index contributed by atoms with van der Waals surface area (Å²) >= 11 is 18.0. The van der Waals surface area contributed by atoms with E-state index in [1.807, 2.05) is 24.3 Å². The van der Waals surface area contributed by atoms with E-state index in [2.05, 4.69) is 10.2 Å². The number of rotatable bonds is 2. The van der Waals surface area contributed by atoms with Crippen LogP contribution in [0, 0.1) is 0 Å². The maximum Gasteiger partial charge on any atom is 0.322 e.